The molecule has 0 aliphatic heterocycles. The summed E-state index contributed by atoms with van der Waals surface area (Å²) in [6.07, 6.45) is 6.62. The van der Waals surface area contributed by atoms with Crippen molar-refractivity contribution in [3.63, 3.8) is 0 Å². The number of esters is 2. The topological polar surface area (TPSA) is 52.6 Å². The van der Waals surface area contributed by atoms with Crippen molar-refractivity contribution < 1.29 is 19.1 Å². The molecule has 0 saturated carbocycles. The smallest absolute Gasteiger partial charge is 0.343 e. The Kier molecular flexibility index (Phi) is 8.51. The Morgan fingerprint density at radius 1 is 0.556 bits per heavy atom. The molecule has 0 unspecified atom stereocenters. The molecule has 184 valence electrons. The normalized spacial score (nSPS) is 10.8. The van der Waals surface area contributed by atoms with Crippen molar-refractivity contribution in [2.24, 2.45) is 0 Å². The van der Waals surface area contributed by atoms with Crippen LogP contribution in [0.4, 0.5) is 0 Å². The van der Waals surface area contributed by atoms with Crippen molar-refractivity contribution in [2.45, 2.75) is 52.4 Å². The highest BCUT2D eigenvalue weighted by atomic mass is 16.5. The second-order valence-electron chi connectivity index (χ2n) is 9.05. The summed E-state index contributed by atoms with van der Waals surface area (Å²) < 4.78 is 11.1. The zero-order chi connectivity index (χ0) is 25.3. The van der Waals surface area contributed by atoms with Crippen LogP contribution >= 0.6 is 0 Å². The molecule has 0 aliphatic carbocycles. The summed E-state index contributed by atoms with van der Waals surface area (Å²) in [5.41, 5.74) is 3.38. The second kappa shape index (κ2) is 12.2. The predicted octanol–water partition coefficient (Wildman–Crippen LogP) is 7.96. The quantitative estimate of drug-likeness (QED) is 0.171. The number of carbonyl (C=O) groups is 2. The lowest BCUT2D eigenvalue weighted by atomic mass is 10.0. The largest absolute Gasteiger partial charge is 0.423 e. The first-order valence-corrected chi connectivity index (χ1v) is 12.7. The molecule has 0 fully saturated rings. The summed E-state index contributed by atoms with van der Waals surface area (Å²) in [7, 11) is 0. The molecule has 4 aromatic rings. The Hall–Kier alpha value is -3.92. The molecule has 0 spiro atoms. The maximum atomic E-state index is 12.7. The van der Waals surface area contributed by atoms with Gasteiger partial charge < -0.3 is 9.47 Å². The van der Waals surface area contributed by atoms with E-state index in [1.165, 1.54) is 11.1 Å². The van der Waals surface area contributed by atoms with Crippen LogP contribution in [0.2, 0.25) is 0 Å². The molecule has 0 aliphatic rings. The highest BCUT2D eigenvalue weighted by molar-refractivity contribution is 5.99. The van der Waals surface area contributed by atoms with Gasteiger partial charge in [-0.05, 0) is 96.1 Å². The lowest BCUT2D eigenvalue weighted by molar-refractivity contribution is 0.0725. The number of hydrogen-bond acceptors (Lipinski definition) is 4. The van der Waals surface area contributed by atoms with Crippen LogP contribution in [0.3, 0.4) is 0 Å². The molecule has 4 aromatic carbocycles. The van der Waals surface area contributed by atoms with Gasteiger partial charge in [0.25, 0.3) is 0 Å². The fraction of sp³-hybridized carbons (Fsp3) is 0.250. The van der Waals surface area contributed by atoms with Crippen LogP contribution in [0.5, 0.6) is 11.5 Å². The lowest BCUT2D eigenvalue weighted by Gasteiger charge is -2.08. The Bertz CT molecular complexity index is 1220. The van der Waals surface area contributed by atoms with Gasteiger partial charge in [0.15, 0.2) is 0 Å². The fourth-order valence-electron chi connectivity index (χ4n) is 4.04. The highest BCUT2D eigenvalue weighted by Gasteiger charge is 2.13. The van der Waals surface area contributed by atoms with Gasteiger partial charge in [-0.3, -0.25) is 0 Å². The van der Waals surface area contributed by atoms with Crippen LogP contribution in [0.1, 0.15) is 71.4 Å². The number of benzene rings is 4. The molecule has 0 amide bonds. The summed E-state index contributed by atoms with van der Waals surface area (Å²) >= 11 is 0. The third-order valence-electron chi connectivity index (χ3n) is 6.22. The van der Waals surface area contributed by atoms with E-state index in [0.717, 1.165) is 49.3 Å². The summed E-state index contributed by atoms with van der Waals surface area (Å²) in [5.74, 6) is 0.224. The molecular formula is C32H32O4. The Labute approximate surface area is 212 Å². The summed E-state index contributed by atoms with van der Waals surface area (Å²) in [6, 6.07) is 25.9. The molecule has 0 radical (unpaired) electrons. The van der Waals surface area contributed by atoms with E-state index in [1.54, 1.807) is 24.3 Å². The molecule has 0 heterocycles. The van der Waals surface area contributed by atoms with Crippen molar-refractivity contribution in [3.05, 3.63) is 107 Å². The Balaban J connectivity index is 1.40. The monoisotopic (exact) mass is 480 g/mol. The third-order valence-corrected chi connectivity index (χ3v) is 6.22. The van der Waals surface area contributed by atoms with Crippen molar-refractivity contribution >= 4 is 22.7 Å². The Morgan fingerprint density at radius 3 is 1.31 bits per heavy atom. The fourth-order valence-corrected chi connectivity index (χ4v) is 4.04. The van der Waals surface area contributed by atoms with Crippen molar-refractivity contribution in [2.75, 3.05) is 0 Å². The minimum Gasteiger partial charge on any atom is -0.423 e. The maximum absolute atomic E-state index is 12.7. The van der Waals surface area contributed by atoms with E-state index in [0.29, 0.717) is 22.6 Å². The van der Waals surface area contributed by atoms with E-state index in [4.69, 9.17) is 9.47 Å². The van der Waals surface area contributed by atoms with E-state index in [2.05, 4.69) is 13.8 Å². The SMILES string of the molecule is CCCCc1ccc(OC(=O)c2ccc3cc(C(=O)Oc4ccc(CCCC)cc4)ccc3c2)cc1. The highest BCUT2D eigenvalue weighted by Crippen LogP contribution is 2.22. The van der Waals surface area contributed by atoms with E-state index in [9.17, 15) is 9.59 Å². The van der Waals surface area contributed by atoms with Crippen LogP contribution in [0.25, 0.3) is 10.8 Å². The first-order chi connectivity index (χ1) is 17.6. The predicted molar refractivity (Wildman–Crippen MR) is 144 cm³/mol. The van der Waals surface area contributed by atoms with Crippen LogP contribution in [-0.2, 0) is 12.8 Å². The van der Waals surface area contributed by atoms with Gasteiger partial charge in [0, 0.05) is 0 Å². The first kappa shape index (κ1) is 25.2. The van der Waals surface area contributed by atoms with Gasteiger partial charge in [-0.15, -0.1) is 0 Å². The van der Waals surface area contributed by atoms with Gasteiger partial charge >= 0.3 is 11.9 Å². The van der Waals surface area contributed by atoms with Gasteiger partial charge in [0.2, 0.25) is 0 Å². The zero-order valence-electron chi connectivity index (χ0n) is 21.0. The van der Waals surface area contributed by atoms with E-state index in [-0.39, 0.29) is 0 Å². The number of ether oxygens (including phenoxy) is 2. The van der Waals surface area contributed by atoms with Crippen LogP contribution in [0, 0.1) is 0 Å². The van der Waals surface area contributed by atoms with Gasteiger partial charge in [-0.2, -0.15) is 0 Å². The first-order valence-electron chi connectivity index (χ1n) is 12.7. The molecule has 36 heavy (non-hydrogen) atoms. The number of unbranched alkanes of at least 4 members (excludes halogenated alkanes) is 2. The molecular weight excluding hydrogens is 448 g/mol. The minimum absolute atomic E-state index is 0.413. The molecule has 0 saturated heterocycles. The standard InChI is InChI=1S/C32H32O4/c1-3-5-7-23-9-17-29(18-10-23)35-31(33)27-15-13-26-22-28(16-14-25(26)21-27)32(34)36-30-19-11-24(12-20-30)8-6-4-2/h9-22H,3-8H2,1-2H3. The van der Waals surface area contributed by atoms with E-state index >= 15 is 0 Å². The third kappa shape index (κ3) is 6.60. The van der Waals surface area contributed by atoms with Crippen molar-refractivity contribution in [1.82, 2.24) is 0 Å². The summed E-state index contributed by atoms with van der Waals surface area (Å²) in [4.78, 5) is 25.4. The summed E-state index contributed by atoms with van der Waals surface area (Å²) in [5, 5.41) is 1.69. The van der Waals surface area contributed by atoms with Crippen molar-refractivity contribution in [3.8, 4) is 11.5 Å². The number of aryl methyl sites for hydroxylation is 2. The van der Waals surface area contributed by atoms with E-state index in [1.807, 2.05) is 60.7 Å². The maximum Gasteiger partial charge on any atom is 0.343 e. The second-order valence-corrected chi connectivity index (χ2v) is 9.05. The van der Waals surface area contributed by atoms with Crippen LogP contribution < -0.4 is 9.47 Å². The molecule has 0 N–H and O–H groups in total. The van der Waals surface area contributed by atoms with Crippen LogP contribution in [0.15, 0.2) is 84.9 Å². The minimum atomic E-state index is -0.413. The van der Waals surface area contributed by atoms with E-state index < -0.39 is 11.9 Å². The summed E-state index contributed by atoms with van der Waals surface area (Å²) in [6.45, 7) is 4.33. The lowest BCUT2D eigenvalue weighted by Crippen LogP contribution is -2.09. The average Bonchev–Trinajstić information content (AvgIpc) is 2.91. The number of hydrogen-bond donors (Lipinski definition) is 0. The van der Waals surface area contributed by atoms with Gasteiger partial charge in [-0.25, -0.2) is 9.59 Å². The number of carbonyl (C=O) groups excluding carboxylic acids is 2. The molecule has 4 rings (SSSR count). The molecule has 4 nitrogen and oxygen atoms in total. The molecule has 0 bridgehead atoms. The zero-order valence-corrected chi connectivity index (χ0v) is 21.0. The van der Waals surface area contributed by atoms with Crippen molar-refractivity contribution in [1.29, 1.82) is 0 Å². The van der Waals surface area contributed by atoms with Gasteiger partial charge in [0.05, 0.1) is 11.1 Å². The number of rotatable bonds is 10. The molecule has 0 atom stereocenters. The molecule has 4 heteroatoms. The van der Waals surface area contributed by atoms with Crippen LogP contribution in [-0.4, -0.2) is 11.9 Å². The Morgan fingerprint density at radius 2 is 0.944 bits per heavy atom. The number of fused-ring (bicyclic) bond motifs is 1. The van der Waals surface area contributed by atoms with Gasteiger partial charge in [0.1, 0.15) is 11.5 Å². The van der Waals surface area contributed by atoms with Gasteiger partial charge in [-0.1, -0.05) is 63.1 Å². The average molecular weight is 481 g/mol. The molecule has 0 aromatic heterocycles.